The van der Waals surface area contributed by atoms with Gasteiger partial charge < -0.3 is 9.64 Å². The number of hydrogen-bond donors (Lipinski definition) is 0. The minimum atomic E-state index is -0.554. The number of urea groups is 1. The Balaban J connectivity index is 1.68. The highest BCUT2D eigenvalue weighted by molar-refractivity contribution is 5.92. The van der Waals surface area contributed by atoms with E-state index in [2.05, 4.69) is 0 Å². The number of carbonyl (C=O) groups is 2. The van der Waals surface area contributed by atoms with Gasteiger partial charge in [0, 0.05) is 26.6 Å². The van der Waals surface area contributed by atoms with Gasteiger partial charge >= 0.3 is 6.03 Å². The molecule has 0 aliphatic carbocycles. The van der Waals surface area contributed by atoms with Gasteiger partial charge in [-0.3, -0.25) is 4.79 Å². The van der Waals surface area contributed by atoms with Gasteiger partial charge in [-0.2, -0.15) is 0 Å². The number of benzene rings is 2. The Morgan fingerprint density at radius 1 is 0.964 bits per heavy atom. The SMILES string of the molecule is COC1CCCN2C(=O)N(Cc3ccccc3)[C@@H](Cc3ccccc3)C(=O)N12. The number of carbonyl (C=O) groups excluding carboxylic acids is 2. The van der Waals surface area contributed by atoms with Gasteiger partial charge in [-0.1, -0.05) is 60.7 Å². The van der Waals surface area contributed by atoms with Gasteiger partial charge in [0.2, 0.25) is 0 Å². The lowest BCUT2D eigenvalue weighted by atomic mass is 10.0. The molecule has 6 heteroatoms. The summed E-state index contributed by atoms with van der Waals surface area (Å²) in [6, 6.07) is 19.0. The van der Waals surface area contributed by atoms with E-state index in [1.54, 1.807) is 22.0 Å². The lowest BCUT2D eigenvalue weighted by Gasteiger charge is -2.51. The molecule has 28 heavy (non-hydrogen) atoms. The monoisotopic (exact) mass is 379 g/mol. The maximum Gasteiger partial charge on any atom is 0.339 e. The Morgan fingerprint density at radius 2 is 1.61 bits per heavy atom. The first-order valence-corrected chi connectivity index (χ1v) is 9.71. The summed E-state index contributed by atoms with van der Waals surface area (Å²) in [5, 5.41) is 3.10. The van der Waals surface area contributed by atoms with Crippen molar-refractivity contribution < 1.29 is 14.3 Å². The summed E-state index contributed by atoms with van der Waals surface area (Å²) >= 11 is 0. The fourth-order valence-electron chi connectivity index (χ4n) is 4.03. The zero-order chi connectivity index (χ0) is 19.5. The molecule has 146 valence electrons. The molecule has 2 aromatic carbocycles. The first-order valence-electron chi connectivity index (χ1n) is 9.71. The van der Waals surface area contributed by atoms with Crippen LogP contribution in [-0.4, -0.2) is 52.8 Å². The highest BCUT2D eigenvalue weighted by Crippen LogP contribution is 2.29. The summed E-state index contributed by atoms with van der Waals surface area (Å²) in [5.74, 6) is -0.0778. The predicted octanol–water partition coefficient (Wildman–Crippen LogP) is 3.05. The van der Waals surface area contributed by atoms with Crippen LogP contribution in [0.4, 0.5) is 4.79 Å². The molecule has 2 aliphatic heterocycles. The molecular formula is C22H25N3O3. The lowest BCUT2D eigenvalue weighted by molar-refractivity contribution is -0.198. The van der Waals surface area contributed by atoms with Crippen molar-refractivity contribution in [2.24, 2.45) is 0 Å². The van der Waals surface area contributed by atoms with E-state index in [9.17, 15) is 9.59 Å². The number of hydrogen-bond acceptors (Lipinski definition) is 3. The van der Waals surface area contributed by atoms with Crippen LogP contribution in [0.5, 0.6) is 0 Å². The van der Waals surface area contributed by atoms with Crippen molar-refractivity contribution in [2.45, 2.75) is 38.1 Å². The van der Waals surface area contributed by atoms with Gasteiger partial charge in [0.15, 0.2) is 6.23 Å². The Morgan fingerprint density at radius 3 is 2.25 bits per heavy atom. The van der Waals surface area contributed by atoms with Gasteiger partial charge in [0.25, 0.3) is 5.91 Å². The van der Waals surface area contributed by atoms with Crippen LogP contribution in [0.1, 0.15) is 24.0 Å². The predicted molar refractivity (Wildman–Crippen MR) is 105 cm³/mol. The van der Waals surface area contributed by atoms with E-state index in [0.29, 0.717) is 19.5 Å². The van der Waals surface area contributed by atoms with Crippen LogP contribution in [0, 0.1) is 0 Å². The minimum absolute atomic E-state index is 0.0778. The van der Waals surface area contributed by atoms with Crippen molar-refractivity contribution in [1.29, 1.82) is 0 Å². The van der Waals surface area contributed by atoms with Crippen LogP contribution in [0.25, 0.3) is 0 Å². The van der Waals surface area contributed by atoms with Crippen molar-refractivity contribution in [3.63, 3.8) is 0 Å². The highest BCUT2D eigenvalue weighted by atomic mass is 16.5. The first-order chi connectivity index (χ1) is 13.7. The zero-order valence-corrected chi connectivity index (χ0v) is 16.0. The molecule has 0 spiro atoms. The van der Waals surface area contributed by atoms with E-state index in [-0.39, 0.29) is 18.2 Å². The van der Waals surface area contributed by atoms with Crippen LogP contribution in [0.2, 0.25) is 0 Å². The molecule has 0 saturated carbocycles. The third kappa shape index (κ3) is 3.47. The fraction of sp³-hybridized carbons (Fsp3) is 0.364. The largest absolute Gasteiger partial charge is 0.360 e. The number of amides is 3. The minimum Gasteiger partial charge on any atom is -0.360 e. The van der Waals surface area contributed by atoms with Gasteiger partial charge in [-0.05, 0) is 24.0 Å². The molecule has 1 unspecified atom stereocenters. The molecule has 2 aliphatic rings. The van der Waals surface area contributed by atoms with Crippen LogP contribution < -0.4 is 0 Å². The van der Waals surface area contributed by atoms with E-state index in [4.69, 9.17) is 4.74 Å². The summed E-state index contributed by atoms with van der Waals surface area (Å²) < 4.78 is 5.52. The second kappa shape index (κ2) is 8.02. The molecule has 0 radical (unpaired) electrons. The number of rotatable bonds is 5. The molecule has 0 bridgehead atoms. The third-order valence-electron chi connectivity index (χ3n) is 5.45. The number of methoxy groups -OCH3 is 1. The standard InChI is InChI=1S/C22H25N3O3/c1-28-20-13-8-14-24-22(27)23(16-18-11-6-3-7-12-18)19(21(26)25(20)24)15-17-9-4-2-5-10-17/h2-7,9-12,19-20H,8,13-16H2,1H3/t19-,20?/m0/s1. The van der Waals surface area contributed by atoms with E-state index < -0.39 is 6.04 Å². The second-order valence-electron chi connectivity index (χ2n) is 7.24. The Labute approximate surface area is 165 Å². The van der Waals surface area contributed by atoms with Crippen molar-refractivity contribution in [2.75, 3.05) is 13.7 Å². The molecule has 4 rings (SSSR count). The molecular weight excluding hydrogens is 354 g/mol. The van der Waals surface area contributed by atoms with Crippen molar-refractivity contribution in [3.8, 4) is 0 Å². The van der Waals surface area contributed by atoms with Crippen molar-refractivity contribution >= 4 is 11.9 Å². The van der Waals surface area contributed by atoms with Crippen LogP contribution in [-0.2, 0) is 22.5 Å². The van der Waals surface area contributed by atoms with E-state index in [0.717, 1.165) is 24.0 Å². The smallest absolute Gasteiger partial charge is 0.339 e. The molecule has 2 fully saturated rings. The summed E-state index contributed by atoms with van der Waals surface area (Å²) in [6.45, 7) is 0.943. The highest BCUT2D eigenvalue weighted by Gasteiger charge is 2.48. The average Bonchev–Trinajstić information content (AvgIpc) is 2.75. The molecule has 0 aromatic heterocycles. The molecule has 0 N–H and O–H groups in total. The molecule has 2 aromatic rings. The van der Waals surface area contributed by atoms with E-state index in [1.165, 1.54) is 0 Å². The normalized spacial score (nSPS) is 22.4. The van der Waals surface area contributed by atoms with Gasteiger partial charge in [-0.25, -0.2) is 14.8 Å². The molecule has 3 amide bonds. The van der Waals surface area contributed by atoms with Gasteiger partial charge in [0.1, 0.15) is 6.04 Å². The molecule has 2 heterocycles. The van der Waals surface area contributed by atoms with Gasteiger partial charge in [-0.15, -0.1) is 0 Å². The summed E-state index contributed by atoms with van der Waals surface area (Å²) in [5.41, 5.74) is 2.04. The van der Waals surface area contributed by atoms with E-state index in [1.807, 2.05) is 60.7 Å². The molecule has 2 atom stereocenters. The summed E-state index contributed by atoms with van der Waals surface area (Å²) in [6.07, 6.45) is 1.65. The second-order valence-corrected chi connectivity index (χ2v) is 7.24. The Kier molecular flexibility index (Phi) is 5.30. The Hall–Kier alpha value is -2.86. The van der Waals surface area contributed by atoms with Gasteiger partial charge in [0.05, 0.1) is 0 Å². The summed E-state index contributed by atoms with van der Waals surface area (Å²) in [7, 11) is 1.59. The third-order valence-corrected chi connectivity index (χ3v) is 5.45. The maximum absolute atomic E-state index is 13.5. The molecule has 2 saturated heterocycles. The number of ether oxygens (including phenoxy) is 1. The topological polar surface area (TPSA) is 53.1 Å². The Bertz CT molecular complexity index is 827. The van der Waals surface area contributed by atoms with E-state index >= 15 is 0 Å². The molecule has 6 nitrogen and oxygen atoms in total. The lowest BCUT2D eigenvalue weighted by Crippen LogP contribution is -2.71. The number of nitrogens with zero attached hydrogens (tertiary/aromatic N) is 3. The number of fused-ring (bicyclic) bond motifs is 1. The first kappa shape index (κ1) is 18.5. The quantitative estimate of drug-likeness (QED) is 0.802. The average molecular weight is 379 g/mol. The van der Waals surface area contributed by atoms with Crippen LogP contribution in [0.3, 0.4) is 0 Å². The number of hydrazine groups is 1. The van der Waals surface area contributed by atoms with Crippen LogP contribution >= 0.6 is 0 Å². The zero-order valence-electron chi connectivity index (χ0n) is 16.0. The van der Waals surface area contributed by atoms with Crippen molar-refractivity contribution in [1.82, 2.24) is 14.9 Å². The fourth-order valence-corrected chi connectivity index (χ4v) is 4.03. The van der Waals surface area contributed by atoms with Crippen molar-refractivity contribution in [3.05, 3.63) is 71.8 Å². The van der Waals surface area contributed by atoms with Crippen LogP contribution in [0.15, 0.2) is 60.7 Å². The summed E-state index contributed by atoms with van der Waals surface area (Å²) in [4.78, 5) is 28.6. The maximum atomic E-state index is 13.5.